The predicted molar refractivity (Wildman–Crippen MR) is 113 cm³/mol. The number of benzene rings is 1. The van der Waals surface area contributed by atoms with E-state index in [0.717, 1.165) is 12.8 Å². The molecule has 0 bridgehead atoms. The summed E-state index contributed by atoms with van der Waals surface area (Å²) in [6, 6.07) is 3.16. The zero-order valence-corrected chi connectivity index (χ0v) is 18.3. The van der Waals surface area contributed by atoms with Crippen molar-refractivity contribution in [1.29, 1.82) is 0 Å². The first-order valence-corrected chi connectivity index (χ1v) is 9.91. The average Bonchev–Trinajstić information content (AvgIpc) is 2.59. The fourth-order valence-electron chi connectivity index (χ4n) is 2.67. The maximum absolute atomic E-state index is 12.8. The number of hydrogen-bond donors (Lipinski definition) is 1. The van der Waals surface area contributed by atoms with Crippen LogP contribution in [0.5, 0.6) is 5.75 Å². The largest absolute Gasteiger partial charge is 0.491 e. The second-order valence-electron chi connectivity index (χ2n) is 7.51. The maximum Gasteiger partial charge on any atom is 0.407 e. The highest BCUT2D eigenvalue weighted by atomic mass is 35.5. The molecule has 8 heteroatoms. The topological polar surface area (TPSA) is 69.6 Å². The van der Waals surface area contributed by atoms with Crippen LogP contribution in [-0.4, -0.2) is 22.9 Å². The molecule has 0 spiro atoms. The lowest BCUT2D eigenvalue weighted by molar-refractivity contribution is 0.0522. The van der Waals surface area contributed by atoms with Gasteiger partial charge in [0.1, 0.15) is 11.4 Å². The Hall–Kier alpha value is -1.92. The summed E-state index contributed by atoms with van der Waals surface area (Å²) in [7, 11) is 1.63. The van der Waals surface area contributed by atoms with Gasteiger partial charge in [0.2, 0.25) is 0 Å². The summed E-state index contributed by atoms with van der Waals surface area (Å²) in [6.45, 7) is 7.95. The van der Waals surface area contributed by atoms with Gasteiger partial charge in [-0.25, -0.2) is 4.79 Å². The van der Waals surface area contributed by atoms with Gasteiger partial charge in [-0.3, -0.25) is 4.79 Å². The summed E-state index contributed by atoms with van der Waals surface area (Å²) < 4.78 is 12.7. The van der Waals surface area contributed by atoms with Gasteiger partial charge >= 0.3 is 6.09 Å². The van der Waals surface area contributed by atoms with Crippen LogP contribution in [0, 0.1) is 0 Å². The van der Waals surface area contributed by atoms with Crippen molar-refractivity contribution >= 4 is 40.1 Å². The molecule has 0 saturated heterocycles. The average molecular weight is 429 g/mol. The fourth-order valence-corrected chi connectivity index (χ4v) is 3.00. The van der Waals surface area contributed by atoms with E-state index in [2.05, 4.69) is 12.2 Å². The molecule has 1 heterocycles. The molecule has 1 amide bonds. The molecule has 0 fully saturated rings. The van der Waals surface area contributed by atoms with Gasteiger partial charge in [0.15, 0.2) is 0 Å². The number of rotatable bonds is 6. The third kappa shape index (κ3) is 5.32. The first kappa shape index (κ1) is 22.4. The van der Waals surface area contributed by atoms with Gasteiger partial charge in [0, 0.05) is 12.4 Å². The molecule has 0 saturated carbocycles. The van der Waals surface area contributed by atoms with Gasteiger partial charge in [-0.1, -0.05) is 36.5 Å². The SMILES string of the molecule is CCCCOc1c(CNC(=O)OC(C)(C)C)n(C)c(=O)c2cc(Cl)c(Cl)cc12. The summed E-state index contributed by atoms with van der Waals surface area (Å²) >= 11 is 12.3. The molecule has 0 aliphatic rings. The Morgan fingerprint density at radius 3 is 2.36 bits per heavy atom. The molecule has 0 unspecified atom stereocenters. The molecule has 0 atom stereocenters. The van der Waals surface area contributed by atoms with Gasteiger partial charge in [0.25, 0.3) is 5.56 Å². The number of fused-ring (bicyclic) bond motifs is 1. The molecular formula is C20H26Cl2N2O4. The Kier molecular flexibility index (Phi) is 7.23. The van der Waals surface area contributed by atoms with Gasteiger partial charge in [-0.2, -0.15) is 0 Å². The van der Waals surface area contributed by atoms with Crippen molar-refractivity contribution in [3.63, 3.8) is 0 Å². The number of nitrogens with zero attached hydrogens (tertiary/aromatic N) is 1. The van der Waals surface area contributed by atoms with Crippen LogP contribution in [0.25, 0.3) is 10.8 Å². The molecule has 1 aromatic heterocycles. The molecule has 28 heavy (non-hydrogen) atoms. The fraction of sp³-hybridized carbons (Fsp3) is 0.500. The lowest BCUT2D eigenvalue weighted by atomic mass is 10.1. The van der Waals surface area contributed by atoms with Crippen molar-refractivity contribution < 1.29 is 14.3 Å². The lowest BCUT2D eigenvalue weighted by Crippen LogP contribution is -2.34. The van der Waals surface area contributed by atoms with Crippen molar-refractivity contribution in [2.45, 2.75) is 52.7 Å². The van der Waals surface area contributed by atoms with Gasteiger partial charge < -0.3 is 19.4 Å². The number of pyridine rings is 1. The van der Waals surface area contributed by atoms with E-state index in [9.17, 15) is 9.59 Å². The van der Waals surface area contributed by atoms with Gasteiger partial charge in [0.05, 0.1) is 34.3 Å². The highest BCUT2D eigenvalue weighted by Gasteiger charge is 2.20. The van der Waals surface area contributed by atoms with Crippen molar-refractivity contribution in [2.75, 3.05) is 6.61 Å². The number of carbonyl (C=O) groups is 1. The first-order chi connectivity index (χ1) is 13.0. The smallest absolute Gasteiger partial charge is 0.407 e. The predicted octanol–water partition coefficient (Wildman–Crippen LogP) is 5.05. The normalized spacial score (nSPS) is 11.5. The Labute approximate surface area is 174 Å². The van der Waals surface area contributed by atoms with E-state index in [4.69, 9.17) is 32.7 Å². The van der Waals surface area contributed by atoms with E-state index in [-0.39, 0.29) is 12.1 Å². The number of halogens is 2. The molecule has 0 radical (unpaired) electrons. The van der Waals surface area contributed by atoms with Crippen LogP contribution in [0.2, 0.25) is 10.0 Å². The minimum atomic E-state index is -0.621. The van der Waals surface area contributed by atoms with Crippen LogP contribution >= 0.6 is 23.2 Å². The van der Waals surface area contributed by atoms with Gasteiger partial charge in [-0.05, 0) is 39.3 Å². The number of amides is 1. The Bertz CT molecular complexity index is 933. The summed E-state index contributed by atoms with van der Waals surface area (Å²) in [6.07, 6.45) is 1.24. The quantitative estimate of drug-likeness (QED) is 0.653. The minimum Gasteiger partial charge on any atom is -0.491 e. The second kappa shape index (κ2) is 9.05. The van der Waals surface area contributed by atoms with E-state index < -0.39 is 11.7 Å². The lowest BCUT2D eigenvalue weighted by Gasteiger charge is -2.21. The number of carbonyl (C=O) groups excluding carboxylic acids is 1. The molecule has 2 rings (SSSR count). The molecule has 2 aromatic rings. The Morgan fingerprint density at radius 2 is 1.79 bits per heavy atom. The van der Waals surface area contributed by atoms with Crippen LogP contribution in [0.4, 0.5) is 4.79 Å². The van der Waals surface area contributed by atoms with Crippen molar-refractivity contribution in [2.24, 2.45) is 7.05 Å². The monoisotopic (exact) mass is 428 g/mol. The zero-order chi connectivity index (χ0) is 21.1. The summed E-state index contributed by atoms with van der Waals surface area (Å²) in [4.78, 5) is 24.9. The number of unbranched alkanes of at least 4 members (excludes halogenated alkanes) is 1. The molecule has 0 aliphatic carbocycles. The van der Waals surface area contributed by atoms with Crippen molar-refractivity contribution in [1.82, 2.24) is 9.88 Å². The third-order valence-corrected chi connectivity index (χ3v) is 4.77. The molecule has 6 nitrogen and oxygen atoms in total. The van der Waals surface area contributed by atoms with Gasteiger partial charge in [-0.15, -0.1) is 0 Å². The number of nitrogens with one attached hydrogen (secondary N) is 1. The number of alkyl carbamates (subject to hydrolysis) is 1. The third-order valence-electron chi connectivity index (χ3n) is 4.05. The first-order valence-electron chi connectivity index (χ1n) is 9.15. The second-order valence-corrected chi connectivity index (χ2v) is 8.32. The summed E-state index contributed by atoms with van der Waals surface area (Å²) in [5.41, 5.74) is -0.348. The number of hydrogen-bond acceptors (Lipinski definition) is 4. The summed E-state index contributed by atoms with van der Waals surface area (Å²) in [5.74, 6) is 0.500. The van der Waals surface area contributed by atoms with Crippen LogP contribution in [0.3, 0.4) is 0 Å². The zero-order valence-electron chi connectivity index (χ0n) is 16.8. The van der Waals surface area contributed by atoms with E-state index in [0.29, 0.717) is 38.9 Å². The maximum atomic E-state index is 12.8. The molecule has 154 valence electrons. The van der Waals surface area contributed by atoms with Crippen molar-refractivity contribution in [3.05, 3.63) is 38.2 Å². The summed E-state index contributed by atoms with van der Waals surface area (Å²) in [5, 5.41) is 4.28. The minimum absolute atomic E-state index is 0.0678. The Balaban J connectivity index is 2.51. The highest BCUT2D eigenvalue weighted by molar-refractivity contribution is 6.42. The van der Waals surface area contributed by atoms with Crippen LogP contribution in [-0.2, 0) is 18.3 Å². The van der Waals surface area contributed by atoms with E-state index in [1.54, 1.807) is 40.0 Å². The van der Waals surface area contributed by atoms with E-state index >= 15 is 0 Å². The molecular weight excluding hydrogens is 403 g/mol. The molecule has 0 aliphatic heterocycles. The van der Waals surface area contributed by atoms with Crippen LogP contribution < -0.4 is 15.6 Å². The molecule has 1 N–H and O–H groups in total. The number of aromatic nitrogens is 1. The van der Waals surface area contributed by atoms with Crippen LogP contribution in [0.15, 0.2) is 16.9 Å². The van der Waals surface area contributed by atoms with Crippen molar-refractivity contribution in [3.8, 4) is 5.75 Å². The van der Waals surface area contributed by atoms with E-state index in [1.165, 1.54) is 4.57 Å². The highest BCUT2D eigenvalue weighted by Crippen LogP contribution is 2.34. The Morgan fingerprint density at radius 1 is 1.18 bits per heavy atom. The standard InChI is InChI=1S/C20H26Cl2N2O4/c1-6-7-8-27-17-12-9-14(21)15(22)10-13(12)18(25)24(5)16(17)11-23-19(26)28-20(2,3)4/h9-10H,6-8,11H2,1-5H3,(H,23,26). The number of ether oxygens (including phenoxy) is 2. The van der Waals surface area contributed by atoms with Crippen LogP contribution in [0.1, 0.15) is 46.2 Å². The van der Waals surface area contributed by atoms with E-state index in [1.807, 2.05) is 0 Å². The molecule has 1 aromatic carbocycles.